The Balaban J connectivity index is 2.53. The van der Waals surface area contributed by atoms with E-state index < -0.39 is 0 Å². The van der Waals surface area contributed by atoms with Crippen molar-refractivity contribution in [3.8, 4) is 5.69 Å². The first-order valence-electron chi connectivity index (χ1n) is 5.35. The van der Waals surface area contributed by atoms with Gasteiger partial charge in [0.1, 0.15) is 12.2 Å². The summed E-state index contributed by atoms with van der Waals surface area (Å²) in [6.07, 6.45) is 1.53. The van der Waals surface area contributed by atoms with Gasteiger partial charge in [0.05, 0.1) is 17.3 Å². The van der Waals surface area contributed by atoms with E-state index >= 15 is 0 Å². The van der Waals surface area contributed by atoms with Gasteiger partial charge in [0, 0.05) is 0 Å². The molecule has 0 atom stereocenters. The van der Waals surface area contributed by atoms with Crippen molar-refractivity contribution < 1.29 is 0 Å². The van der Waals surface area contributed by atoms with Crippen LogP contribution in [0.15, 0.2) is 23.5 Å². The second-order valence-corrected chi connectivity index (χ2v) is 4.17. The summed E-state index contributed by atoms with van der Waals surface area (Å²) in [4.78, 5) is 4.29. The van der Waals surface area contributed by atoms with E-state index in [4.69, 9.17) is 17.3 Å². The van der Waals surface area contributed by atoms with Crippen LogP contribution < -0.4 is 5.73 Å². The van der Waals surface area contributed by atoms with Gasteiger partial charge >= 0.3 is 0 Å². The van der Waals surface area contributed by atoms with Gasteiger partial charge < -0.3 is 5.73 Å². The lowest BCUT2D eigenvalue weighted by atomic mass is 10.1. The van der Waals surface area contributed by atoms with Crippen LogP contribution in [0, 0.1) is 13.8 Å². The molecule has 2 N–H and O–H groups in total. The Morgan fingerprint density at radius 1 is 1.44 bits per heavy atom. The van der Waals surface area contributed by atoms with Gasteiger partial charge in [0.15, 0.2) is 0 Å². The molecule has 1 aromatic heterocycles. The first kappa shape index (κ1) is 12.5. The molecule has 7 heteroatoms. The Hall–Kier alpha value is -1.95. The molecular formula is C11H13ClN6. The number of alkyl halides is 1. The molecule has 6 nitrogen and oxygen atoms in total. The van der Waals surface area contributed by atoms with E-state index in [1.807, 2.05) is 26.0 Å². The van der Waals surface area contributed by atoms with Gasteiger partial charge in [-0.1, -0.05) is 0 Å². The molecule has 1 aromatic carbocycles. The molecule has 0 aliphatic rings. The maximum atomic E-state index is 5.66. The summed E-state index contributed by atoms with van der Waals surface area (Å²) in [7, 11) is 0. The molecule has 1 heterocycles. The molecule has 2 rings (SSSR count). The molecule has 94 valence electrons. The lowest BCUT2D eigenvalue weighted by Crippen LogP contribution is -2.12. The van der Waals surface area contributed by atoms with Crippen LogP contribution in [0.4, 0.5) is 5.69 Å². The third-order valence-corrected chi connectivity index (χ3v) is 2.91. The number of hydrogen-bond acceptors (Lipinski definition) is 4. The lowest BCUT2D eigenvalue weighted by molar-refractivity contribution is 0.788. The van der Waals surface area contributed by atoms with Crippen molar-refractivity contribution in [3.63, 3.8) is 0 Å². The number of benzene rings is 1. The monoisotopic (exact) mass is 264 g/mol. The third-order valence-electron chi connectivity index (χ3n) is 2.64. The van der Waals surface area contributed by atoms with Crippen LogP contribution in [0.25, 0.3) is 5.69 Å². The minimum absolute atomic E-state index is 0.202. The first-order chi connectivity index (χ1) is 8.61. The lowest BCUT2D eigenvalue weighted by Gasteiger charge is -2.08. The Morgan fingerprint density at radius 3 is 2.83 bits per heavy atom. The summed E-state index contributed by atoms with van der Waals surface area (Å²) in [5, 5.41) is 11.1. The summed E-state index contributed by atoms with van der Waals surface area (Å²) in [6, 6.07) is 3.86. The maximum absolute atomic E-state index is 5.66. The number of aliphatic imine (C=N–C) groups is 1. The second-order valence-electron chi connectivity index (χ2n) is 3.90. The Kier molecular flexibility index (Phi) is 3.57. The van der Waals surface area contributed by atoms with Crippen LogP contribution in [-0.2, 0) is 0 Å². The normalized spacial score (nSPS) is 11.8. The number of aromatic nitrogens is 4. The Bertz CT molecular complexity index is 575. The van der Waals surface area contributed by atoms with Gasteiger partial charge in [0.2, 0.25) is 0 Å². The number of tetrazole rings is 1. The van der Waals surface area contributed by atoms with Gasteiger partial charge in [-0.2, -0.15) is 0 Å². The number of amidine groups is 1. The van der Waals surface area contributed by atoms with E-state index in [2.05, 4.69) is 20.5 Å². The number of nitrogens with two attached hydrogens (primary N) is 1. The Labute approximate surface area is 109 Å². The Morgan fingerprint density at radius 2 is 2.22 bits per heavy atom. The molecule has 0 fully saturated rings. The number of halogens is 1. The smallest absolute Gasteiger partial charge is 0.143 e. The van der Waals surface area contributed by atoms with Gasteiger partial charge in [-0.05, 0) is 47.5 Å². The highest BCUT2D eigenvalue weighted by atomic mass is 35.5. The van der Waals surface area contributed by atoms with E-state index in [0.717, 1.165) is 22.5 Å². The molecule has 0 spiro atoms. The zero-order valence-electron chi connectivity index (χ0n) is 10.1. The predicted octanol–water partition coefficient (Wildman–Crippen LogP) is 1.51. The largest absolute Gasteiger partial charge is 0.386 e. The topological polar surface area (TPSA) is 82.0 Å². The first-order valence-corrected chi connectivity index (χ1v) is 5.89. The standard InChI is InChI=1S/C11H13ClN6/c1-7-3-9(18-6-14-16-17-18)4-10(8(7)2)15-11(13)5-12/h3-4,6H,5H2,1-2H3,(H2,13,15). The quantitative estimate of drug-likeness (QED) is 0.517. The van der Waals surface area contributed by atoms with Crippen molar-refractivity contribution >= 4 is 23.1 Å². The molecule has 0 bridgehead atoms. The van der Waals surface area contributed by atoms with Crippen LogP contribution in [0.3, 0.4) is 0 Å². The van der Waals surface area contributed by atoms with Gasteiger partial charge in [0.25, 0.3) is 0 Å². The molecule has 0 saturated carbocycles. The SMILES string of the molecule is Cc1cc(-n2cnnn2)cc(N=C(N)CCl)c1C. The molecule has 2 aromatic rings. The molecule has 0 radical (unpaired) electrons. The van der Waals surface area contributed by atoms with Crippen molar-refractivity contribution in [2.45, 2.75) is 13.8 Å². The minimum Gasteiger partial charge on any atom is -0.386 e. The fourth-order valence-corrected chi connectivity index (χ4v) is 1.59. The second kappa shape index (κ2) is 5.14. The van der Waals surface area contributed by atoms with Crippen molar-refractivity contribution in [1.82, 2.24) is 20.2 Å². The fourth-order valence-electron chi connectivity index (χ4n) is 1.53. The average molecular weight is 265 g/mol. The summed E-state index contributed by atoms with van der Waals surface area (Å²) < 4.78 is 1.57. The predicted molar refractivity (Wildman–Crippen MR) is 70.6 cm³/mol. The van der Waals surface area contributed by atoms with Crippen LogP contribution >= 0.6 is 11.6 Å². The van der Waals surface area contributed by atoms with Crippen molar-refractivity contribution in [1.29, 1.82) is 0 Å². The summed E-state index contributed by atoms with van der Waals surface area (Å²) in [6.45, 7) is 3.98. The molecule has 18 heavy (non-hydrogen) atoms. The molecule has 0 aliphatic carbocycles. The minimum atomic E-state index is 0.202. The van der Waals surface area contributed by atoms with E-state index in [9.17, 15) is 0 Å². The molecule has 0 saturated heterocycles. The molecule has 0 amide bonds. The number of aryl methyl sites for hydroxylation is 1. The number of nitrogens with zero attached hydrogens (tertiary/aromatic N) is 5. The highest BCUT2D eigenvalue weighted by molar-refractivity contribution is 6.28. The average Bonchev–Trinajstić information content (AvgIpc) is 2.88. The van der Waals surface area contributed by atoms with Crippen molar-refractivity contribution in [2.75, 3.05) is 5.88 Å². The molecular weight excluding hydrogens is 252 g/mol. The van der Waals surface area contributed by atoms with Gasteiger partial charge in [-0.15, -0.1) is 16.7 Å². The van der Waals surface area contributed by atoms with Gasteiger partial charge in [-0.3, -0.25) is 0 Å². The van der Waals surface area contributed by atoms with Crippen LogP contribution in [-0.4, -0.2) is 31.9 Å². The van der Waals surface area contributed by atoms with E-state index in [1.54, 1.807) is 4.68 Å². The van der Waals surface area contributed by atoms with E-state index in [0.29, 0.717) is 5.84 Å². The van der Waals surface area contributed by atoms with E-state index in [1.165, 1.54) is 6.33 Å². The zero-order chi connectivity index (χ0) is 13.1. The molecule has 0 aliphatic heterocycles. The maximum Gasteiger partial charge on any atom is 0.143 e. The summed E-state index contributed by atoms with van der Waals surface area (Å²) in [5.41, 5.74) is 9.42. The molecule has 0 unspecified atom stereocenters. The third kappa shape index (κ3) is 2.48. The fraction of sp³-hybridized carbons (Fsp3) is 0.273. The zero-order valence-corrected chi connectivity index (χ0v) is 10.9. The number of rotatable bonds is 3. The highest BCUT2D eigenvalue weighted by Crippen LogP contribution is 2.25. The van der Waals surface area contributed by atoms with Crippen LogP contribution in [0.1, 0.15) is 11.1 Å². The highest BCUT2D eigenvalue weighted by Gasteiger charge is 2.06. The van der Waals surface area contributed by atoms with Gasteiger partial charge in [-0.25, -0.2) is 9.67 Å². The van der Waals surface area contributed by atoms with Crippen molar-refractivity contribution in [2.24, 2.45) is 10.7 Å². The number of hydrogen-bond donors (Lipinski definition) is 1. The van der Waals surface area contributed by atoms with Crippen LogP contribution in [0.5, 0.6) is 0 Å². The van der Waals surface area contributed by atoms with Crippen LogP contribution in [0.2, 0.25) is 0 Å². The van der Waals surface area contributed by atoms with E-state index in [-0.39, 0.29) is 5.88 Å². The van der Waals surface area contributed by atoms with Crippen molar-refractivity contribution in [3.05, 3.63) is 29.6 Å². The summed E-state index contributed by atoms with van der Waals surface area (Å²) in [5.74, 6) is 0.584. The summed E-state index contributed by atoms with van der Waals surface area (Å²) >= 11 is 5.64.